The summed E-state index contributed by atoms with van der Waals surface area (Å²) in [5.74, 6) is 1.82. The average molecular weight is 791 g/mol. The van der Waals surface area contributed by atoms with E-state index in [1.54, 1.807) is 0 Å². The van der Waals surface area contributed by atoms with Crippen LogP contribution in [0.1, 0.15) is 25.0 Å². The Bertz CT molecular complexity index is 3760. The quantitative estimate of drug-likeness (QED) is 0.167. The Morgan fingerprint density at radius 1 is 0.371 bits per heavy atom. The van der Waals surface area contributed by atoms with Crippen LogP contribution in [-0.4, -0.2) is 19.5 Å². The molecule has 290 valence electrons. The van der Waals surface area contributed by atoms with E-state index in [0.29, 0.717) is 17.6 Å². The van der Waals surface area contributed by atoms with E-state index in [2.05, 4.69) is 213 Å². The van der Waals surface area contributed by atoms with Crippen molar-refractivity contribution in [3.05, 3.63) is 205 Å². The molecule has 2 heterocycles. The number of nitrogens with zero attached hydrogens (tertiary/aromatic N) is 4. The van der Waals surface area contributed by atoms with Gasteiger partial charge in [0.05, 0.1) is 11.0 Å². The molecule has 0 spiro atoms. The van der Waals surface area contributed by atoms with E-state index < -0.39 is 0 Å². The van der Waals surface area contributed by atoms with Gasteiger partial charge in [0.2, 0.25) is 5.95 Å². The standard InChI is InChI=1S/C58H38N4/c1-58(2)49-27-12-11-23-47(49)51-44(24-14-28-50(51)58)46-25-13-26-48-52-43-21-9-7-19-41(43)42-20-8-10-22-45(42)54(52)62(53(46)48)57-60-55(39-31-29-35-15-3-5-17-37(35)33-39)59-56(61-57)40-32-30-36-16-4-6-18-38(36)34-40/h3-34H,1-2H3. The Hall–Kier alpha value is -7.95. The van der Waals surface area contributed by atoms with Gasteiger partial charge < -0.3 is 0 Å². The summed E-state index contributed by atoms with van der Waals surface area (Å²) in [6, 6.07) is 70.1. The molecule has 0 bridgehead atoms. The lowest BCUT2D eigenvalue weighted by Crippen LogP contribution is -2.14. The molecule has 1 aliphatic carbocycles. The SMILES string of the molecule is CC1(C)c2ccccc2-c2c(-c3cccc4c5c6ccccc6c6ccccc6c5n(-c5nc(-c6ccc7ccccc7c6)nc(-c6ccc7ccccc7c6)n5)c34)cccc21. The van der Waals surface area contributed by atoms with Crippen LogP contribution in [0.15, 0.2) is 194 Å². The Labute approximate surface area is 358 Å². The summed E-state index contributed by atoms with van der Waals surface area (Å²) in [5, 5.41) is 11.7. The van der Waals surface area contributed by atoms with Crippen LogP contribution >= 0.6 is 0 Å². The second-order valence-electron chi connectivity index (χ2n) is 17.2. The summed E-state index contributed by atoms with van der Waals surface area (Å²) in [4.78, 5) is 16.4. The maximum atomic E-state index is 5.53. The smallest absolute Gasteiger partial charge is 0.238 e. The van der Waals surface area contributed by atoms with Crippen molar-refractivity contribution in [2.24, 2.45) is 0 Å². The van der Waals surface area contributed by atoms with Crippen molar-refractivity contribution in [2.75, 3.05) is 0 Å². The minimum Gasteiger partial charge on any atom is -0.277 e. The Morgan fingerprint density at radius 3 is 1.56 bits per heavy atom. The van der Waals surface area contributed by atoms with Crippen molar-refractivity contribution >= 4 is 64.9 Å². The molecule has 0 saturated heterocycles. The van der Waals surface area contributed by atoms with Gasteiger partial charge in [-0.3, -0.25) is 4.57 Å². The van der Waals surface area contributed by atoms with E-state index in [-0.39, 0.29) is 5.41 Å². The lowest BCUT2D eigenvalue weighted by Gasteiger charge is -2.21. The van der Waals surface area contributed by atoms with Gasteiger partial charge in [-0.2, -0.15) is 9.97 Å². The van der Waals surface area contributed by atoms with Gasteiger partial charge >= 0.3 is 0 Å². The number of aromatic nitrogens is 4. The van der Waals surface area contributed by atoms with Crippen molar-refractivity contribution in [1.29, 1.82) is 0 Å². The zero-order valence-electron chi connectivity index (χ0n) is 34.3. The Balaban J connectivity index is 1.21. The number of benzene rings is 10. The third-order valence-corrected chi connectivity index (χ3v) is 13.4. The molecular weight excluding hydrogens is 753 g/mol. The molecule has 2 aromatic heterocycles. The number of para-hydroxylation sites is 1. The summed E-state index contributed by atoms with van der Waals surface area (Å²) < 4.78 is 2.36. The first kappa shape index (κ1) is 34.9. The van der Waals surface area contributed by atoms with Crippen LogP contribution in [0.4, 0.5) is 0 Å². The van der Waals surface area contributed by atoms with Crippen LogP contribution in [0.25, 0.3) is 116 Å². The van der Waals surface area contributed by atoms with Gasteiger partial charge in [0.1, 0.15) is 0 Å². The highest BCUT2D eigenvalue weighted by atomic mass is 15.2. The fourth-order valence-corrected chi connectivity index (χ4v) is 10.5. The first-order chi connectivity index (χ1) is 30.5. The number of hydrogen-bond acceptors (Lipinski definition) is 3. The van der Waals surface area contributed by atoms with Gasteiger partial charge in [0, 0.05) is 38.3 Å². The van der Waals surface area contributed by atoms with Crippen molar-refractivity contribution < 1.29 is 0 Å². The lowest BCUT2D eigenvalue weighted by atomic mass is 9.82. The van der Waals surface area contributed by atoms with Crippen molar-refractivity contribution in [3.8, 4) is 51.0 Å². The second-order valence-corrected chi connectivity index (χ2v) is 17.2. The number of rotatable bonds is 4. The topological polar surface area (TPSA) is 43.6 Å². The summed E-state index contributed by atoms with van der Waals surface area (Å²) >= 11 is 0. The second kappa shape index (κ2) is 13.0. The minimum atomic E-state index is -0.146. The Morgan fingerprint density at radius 2 is 0.871 bits per heavy atom. The van der Waals surface area contributed by atoms with Gasteiger partial charge in [-0.15, -0.1) is 0 Å². The Kier molecular flexibility index (Phi) is 7.32. The van der Waals surface area contributed by atoms with Crippen LogP contribution in [0.2, 0.25) is 0 Å². The van der Waals surface area contributed by atoms with E-state index in [4.69, 9.17) is 15.0 Å². The number of fused-ring (bicyclic) bond motifs is 13. The molecule has 62 heavy (non-hydrogen) atoms. The van der Waals surface area contributed by atoms with Crippen LogP contribution in [0.3, 0.4) is 0 Å². The molecule has 4 nitrogen and oxygen atoms in total. The van der Waals surface area contributed by atoms with Gasteiger partial charge in [0.15, 0.2) is 11.6 Å². The first-order valence-corrected chi connectivity index (χ1v) is 21.4. The van der Waals surface area contributed by atoms with Crippen molar-refractivity contribution in [2.45, 2.75) is 19.3 Å². The van der Waals surface area contributed by atoms with E-state index in [1.165, 1.54) is 60.1 Å². The summed E-state index contributed by atoms with van der Waals surface area (Å²) in [7, 11) is 0. The maximum Gasteiger partial charge on any atom is 0.238 e. The van der Waals surface area contributed by atoms with Gasteiger partial charge in [-0.1, -0.05) is 196 Å². The predicted octanol–water partition coefficient (Wildman–Crippen LogP) is 14.9. The average Bonchev–Trinajstić information content (AvgIpc) is 3.81. The third kappa shape index (κ3) is 4.98. The normalized spacial score (nSPS) is 13.1. The summed E-state index contributed by atoms with van der Waals surface area (Å²) in [6.07, 6.45) is 0. The molecule has 12 aromatic rings. The van der Waals surface area contributed by atoms with E-state index in [1.807, 2.05) is 0 Å². The van der Waals surface area contributed by atoms with Crippen molar-refractivity contribution in [3.63, 3.8) is 0 Å². The molecule has 0 N–H and O–H groups in total. The zero-order valence-corrected chi connectivity index (χ0v) is 34.3. The first-order valence-electron chi connectivity index (χ1n) is 21.4. The predicted molar refractivity (Wildman–Crippen MR) is 258 cm³/mol. The minimum absolute atomic E-state index is 0.146. The highest BCUT2D eigenvalue weighted by molar-refractivity contribution is 6.33. The van der Waals surface area contributed by atoms with Crippen molar-refractivity contribution in [1.82, 2.24) is 19.5 Å². The summed E-state index contributed by atoms with van der Waals surface area (Å²) in [5.41, 5.74) is 11.5. The molecule has 0 radical (unpaired) electrons. The molecule has 0 atom stereocenters. The molecule has 0 fully saturated rings. The molecule has 10 aromatic carbocycles. The van der Waals surface area contributed by atoms with Crippen LogP contribution < -0.4 is 0 Å². The van der Waals surface area contributed by atoms with Crippen LogP contribution in [-0.2, 0) is 5.41 Å². The molecule has 0 unspecified atom stereocenters. The highest BCUT2D eigenvalue weighted by Gasteiger charge is 2.37. The van der Waals surface area contributed by atoms with Crippen LogP contribution in [0.5, 0.6) is 0 Å². The third-order valence-electron chi connectivity index (χ3n) is 13.4. The van der Waals surface area contributed by atoms with Gasteiger partial charge in [0.25, 0.3) is 0 Å². The molecule has 0 aliphatic heterocycles. The number of hydrogen-bond donors (Lipinski definition) is 0. The molecule has 13 rings (SSSR count). The van der Waals surface area contributed by atoms with E-state index >= 15 is 0 Å². The van der Waals surface area contributed by atoms with Gasteiger partial charge in [-0.05, 0) is 77.7 Å². The molecule has 0 saturated carbocycles. The van der Waals surface area contributed by atoms with E-state index in [0.717, 1.165) is 49.3 Å². The molecule has 1 aliphatic rings. The fourth-order valence-electron chi connectivity index (χ4n) is 10.5. The summed E-state index contributed by atoms with van der Waals surface area (Å²) in [6.45, 7) is 4.70. The van der Waals surface area contributed by atoms with Gasteiger partial charge in [-0.25, -0.2) is 4.98 Å². The largest absolute Gasteiger partial charge is 0.277 e. The van der Waals surface area contributed by atoms with Crippen LogP contribution in [0, 0.1) is 0 Å². The van der Waals surface area contributed by atoms with E-state index in [9.17, 15) is 0 Å². The highest BCUT2D eigenvalue weighted by Crippen LogP contribution is 2.53. The lowest BCUT2D eigenvalue weighted by molar-refractivity contribution is 0.660. The monoisotopic (exact) mass is 790 g/mol. The molecular formula is C58H38N4. The molecule has 4 heteroatoms. The fraction of sp³-hybridized carbons (Fsp3) is 0.0517. The molecule has 0 amide bonds. The zero-order chi connectivity index (χ0) is 41.1. The maximum absolute atomic E-state index is 5.53.